The van der Waals surface area contributed by atoms with Crippen LogP contribution in [0.3, 0.4) is 0 Å². The van der Waals surface area contributed by atoms with E-state index in [-0.39, 0.29) is 5.91 Å². The van der Waals surface area contributed by atoms with E-state index < -0.39 is 0 Å². The van der Waals surface area contributed by atoms with E-state index >= 15 is 0 Å². The molecule has 1 fully saturated rings. The monoisotopic (exact) mass is 385 g/mol. The van der Waals surface area contributed by atoms with E-state index in [1.807, 2.05) is 30.3 Å². The summed E-state index contributed by atoms with van der Waals surface area (Å²) in [5.74, 6) is 1.66. The second-order valence-electron chi connectivity index (χ2n) is 6.09. The highest BCUT2D eigenvalue weighted by molar-refractivity contribution is 8.01. The van der Waals surface area contributed by atoms with Crippen LogP contribution in [-0.2, 0) is 4.79 Å². The summed E-state index contributed by atoms with van der Waals surface area (Å²) in [4.78, 5) is 27.6. The molecular formula is C18H19N5OS2. The van der Waals surface area contributed by atoms with Crippen molar-refractivity contribution in [1.82, 2.24) is 15.0 Å². The number of thioether (sulfide) groups is 1. The molecule has 0 bridgehead atoms. The van der Waals surface area contributed by atoms with Crippen molar-refractivity contribution in [1.29, 1.82) is 0 Å². The molecule has 1 amide bonds. The average molecular weight is 386 g/mol. The lowest BCUT2D eigenvalue weighted by atomic mass is 10.1. The molecule has 1 aliphatic heterocycles. The van der Waals surface area contributed by atoms with Gasteiger partial charge in [0.15, 0.2) is 4.34 Å². The average Bonchev–Trinajstić information content (AvgIpc) is 3.10. The van der Waals surface area contributed by atoms with E-state index in [9.17, 15) is 4.79 Å². The van der Waals surface area contributed by atoms with Crippen LogP contribution < -0.4 is 10.2 Å². The summed E-state index contributed by atoms with van der Waals surface area (Å²) >= 11 is 3.05. The Morgan fingerprint density at radius 3 is 2.88 bits per heavy atom. The first-order valence-corrected chi connectivity index (χ1v) is 10.4. The van der Waals surface area contributed by atoms with Crippen LogP contribution in [0.25, 0.3) is 10.2 Å². The van der Waals surface area contributed by atoms with Crippen molar-refractivity contribution in [2.75, 3.05) is 29.1 Å². The molecule has 2 aromatic heterocycles. The van der Waals surface area contributed by atoms with Crippen LogP contribution in [0.4, 0.5) is 11.6 Å². The SMILES string of the molecule is O=C(CSc1nc2ccccc2s1)Nc1cc(N2CCCCC2)ncn1. The van der Waals surface area contributed by atoms with Gasteiger partial charge < -0.3 is 10.2 Å². The Morgan fingerprint density at radius 2 is 2.04 bits per heavy atom. The number of carbonyl (C=O) groups excluding carboxylic acids is 1. The number of amides is 1. The first kappa shape index (κ1) is 17.2. The molecule has 3 aromatic rings. The van der Waals surface area contributed by atoms with Crippen molar-refractivity contribution in [3.63, 3.8) is 0 Å². The van der Waals surface area contributed by atoms with Gasteiger partial charge in [-0.2, -0.15) is 0 Å². The van der Waals surface area contributed by atoms with Gasteiger partial charge in [-0.25, -0.2) is 15.0 Å². The molecule has 8 heteroatoms. The van der Waals surface area contributed by atoms with Crippen LogP contribution in [0.15, 0.2) is 41.0 Å². The molecule has 0 saturated carbocycles. The molecule has 0 unspecified atom stereocenters. The van der Waals surface area contributed by atoms with E-state index in [1.54, 1.807) is 11.3 Å². The summed E-state index contributed by atoms with van der Waals surface area (Å²) in [7, 11) is 0. The predicted octanol–water partition coefficient (Wildman–Crippen LogP) is 3.81. The Balaban J connectivity index is 1.35. The quantitative estimate of drug-likeness (QED) is 0.674. The van der Waals surface area contributed by atoms with Gasteiger partial charge in [0, 0.05) is 19.2 Å². The van der Waals surface area contributed by atoms with E-state index in [2.05, 4.69) is 25.2 Å². The number of nitrogens with zero attached hydrogens (tertiary/aromatic N) is 4. The number of hydrogen-bond donors (Lipinski definition) is 1. The third-order valence-corrected chi connectivity index (χ3v) is 6.38. The molecule has 6 nitrogen and oxygen atoms in total. The fourth-order valence-electron chi connectivity index (χ4n) is 2.93. The number of benzene rings is 1. The molecule has 3 heterocycles. The zero-order chi connectivity index (χ0) is 17.8. The maximum Gasteiger partial charge on any atom is 0.235 e. The number of thiazole rings is 1. The highest BCUT2D eigenvalue weighted by atomic mass is 32.2. The van der Waals surface area contributed by atoms with Gasteiger partial charge in [0.1, 0.15) is 18.0 Å². The van der Waals surface area contributed by atoms with Crippen molar-refractivity contribution in [2.24, 2.45) is 0 Å². The number of aromatic nitrogens is 3. The van der Waals surface area contributed by atoms with E-state index in [0.29, 0.717) is 11.6 Å². The predicted molar refractivity (Wildman–Crippen MR) is 107 cm³/mol. The third kappa shape index (κ3) is 4.13. The fraction of sp³-hybridized carbons (Fsp3) is 0.333. The highest BCUT2D eigenvalue weighted by Gasteiger charge is 2.14. The summed E-state index contributed by atoms with van der Waals surface area (Å²) in [5, 5.41) is 2.86. The molecular weight excluding hydrogens is 366 g/mol. The molecule has 0 aliphatic carbocycles. The zero-order valence-electron chi connectivity index (χ0n) is 14.2. The van der Waals surface area contributed by atoms with E-state index in [1.165, 1.54) is 37.4 Å². The van der Waals surface area contributed by atoms with Crippen molar-refractivity contribution in [2.45, 2.75) is 23.6 Å². The normalized spacial score (nSPS) is 14.5. The maximum absolute atomic E-state index is 12.3. The molecule has 1 N–H and O–H groups in total. The summed E-state index contributed by atoms with van der Waals surface area (Å²) in [6, 6.07) is 9.85. The minimum atomic E-state index is -0.0856. The van der Waals surface area contributed by atoms with Crippen LogP contribution in [-0.4, -0.2) is 39.7 Å². The number of para-hydroxylation sites is 1. The van der Waals surface area contributed by atoms with Crippen LogP contribution >= 0.6 is 23.1 Å². The van der Waals surface area contributed by atoms with Crippen LogP contribution in [0.1, 0.15) is 19.3 Å². The molecule has 26 heavy (non-hydrogen) atoms. The minimum absolute atomic E-state index is 0.0856. The molecule has 134 valence electrons. The van der Waals surface area contributed by atoms with Crippen LogP contribution in [0.2, 0.25) is 0 Å². The highest BCUT2D eigenvalue weighted by Crippen LogP contribution is 2.29. The first-order chi connectivity index (χ1) is 12.8. The minimum Gasteiger partial charge on any atom is -0.356 e. The maximum atomic E-state index is 12.3. The van der Waals surface area contributed by atoms with Crippen molar-refractivity contribution >= 4 is 50.9 Å². The lowest BCUT2D eigenvalue weighted by Crippen LogP contribution is -2.30. The van der Waals surface area contributed by atoms with E-state index in [4.69, 9.17) is 0 Å². The Labute approximate surface area is 160 Å². The van der Waals surface area contributed by atoms with Gasteiger partial charge in [0.2, 0.25) is 5.91 Å². The van der Waals surface area contributed by atoms with Crippen LogP contribution in [0.5, 0.6) is 0 Å². The molecule has 1 aliphatic rings. The lowest BCUT2D eigenvalue weighted by molar-refractivity contribution is -0.113. The van der Waals surface area contributed by atoms with Gasteiger partial charge in [-0.15, -0.1) is 11.3 Å². The van der Waals surface area contributed by atoms with Gasteiger partial charge >= 0.3 is 0 Å². The molecule has 0 radical (unpaired) electrons. The van der Waals surface area contributed by atoms with Crippen molar-refractivity contribution in [3.8, 4) is 0 Å². The van der Waals surface area contributed by atoms with Gasteiger partial charge in [-0.1, -0.05) is 23.9 Å². The summed E-state index contributed by atoms with van der Waals surface area (Å²) < 4.78 is 2.04. The summed E-state index contributed by atoms with van der Waals surface area (Å²) in [6.45, 7) is 2.02. The number of hydrogen-bond acceptors (Lipinski definition) is 7. The molecule has 1 saturated heterocycles. The number of piperidine rings is 1. The fourth-order valence-corrected chi connectivity index (χ4v) is 4.80. The van der Waals surface area contributed by atoms with Crippen molar-refractivity contribution in [3.05, 3.63) is 36.7 Å². The summed E-state index contributed by atoms with van der Waals surface area (Å²) in [6.07, 6.45) is 5.16. The summed E-state index contributed by atoms with van der Waals surface area (Å²) in [5.41, 5.74) is 0.974. The van der Waals surface area contributed by atoms with Gasteiger partial charge in [-0.05, 0) is 31.4 Å². The molecule has 0 spiro atoms. The number of rotatable bonds is 5. The Bertz CT molecular complexity index is 874. The Hall–Kier alpha value is -2.19. The van der Waals surface area contributed by atoms with Gasteiger partial charge in [0.25, 0.3) is 0 Å². The smallest absolute Gasteiger partial charge is 0.235 e. The largest absolute Gasteiger partial charge is 0.356 e. The topological polar surface area (TPSA) is 71.0 Å². The first-order valence-electron chi connectivity index (χ1n) is 8.63. The Kier molecular flexibility index (Phi) is 5.31. The number of anilines is 2. The Morgan fingerprint density at radius 1 is 1.19 bits per heavy atom. The van der Waals surface area contributed by atoms with Gasteiger partial charge in [-0.3, -0.25) is 4.79 Å². The van der Waals surface area contributed by atoms with E-state index in [0.717, 1.165) is 33.5 Å². The third-order valence-electron chi connectivity index (χ3n) is 4.20. The second-order valence-corrected chi connectivity index (χ2v) is 8.35. The number of fused-ring (bicyclic) bond motifs is 1. The van der Waals surface area contributed by atoms with Crippen LogP contribution in [0, 0.1) is 0 Å². The lowest BCUT2D eigenvalue weighted by Gasteiger charge is -2.27. The van der Waals surface area contributed by atoms with Gasteiger partial charge in [0.05, 0.1) is 16.0 Å². The van der Waals surface area contributed by atoms with Crippen molar-refractivity contribution < 1.29 is 4.79 Å². The number of carbonyl (C=O) groups is 1. The zero-order valence-corrected chi connectivity index (χ0v) is 15.9. The molecule has 1 aromatic carbocycles. The standard InChI is InChI=1S/C18H19N5OS2/c24-17(11-25-18-21-13-6-2-3-7-14(13)26-18)22-15-10-16(20-12-19-15)23-8-4-1-5-9-23/h2-3,6-7,10,12H,1,4-5,8-9,11H2,(H,19,20,22,24). The number of nitrogens with one attached hydrogen (secondary N) is 1. The molecule has 4 rings (SSSR count). The molecule has 0 atom stereocenters. The second kappa shape index (κ2) is 8.01.